The van der Waals surface area contributed by atoms with E-state index in [-0.39, 0.29) is 24.4 Å². The van der Waals surface area contributed by atoms with E-state index in [0.717, 1.165) is 38.2 Å². The Morgan fingerprint density at radius 2 is 2.14 bits per heavy atom. The number of nitriles is 1. The van der Waals surface area contributed by atoms with Gasteiger partial charge in [0.1, 0.15) is 11.2 Å². The maximum Gasteiger partial charge on any atom is 0.280 e. The second kappa shape index (κ2) is 9.28. The van der Waals surface area contributed by atoms with Crippen molar-refractivity contribution in [2.75, 3.05) is 31.3 Å². The second-order valence-electron chi connectivity index (χ2n) is 6.85. The molecule has 1 saturated heterocycles. The van der Waals surface area contributed by atoms with Crippen molar-refractivity contribution < 1.29 is 14.5 Å². The number of methoxy groups -OCH3 is 1. The summed E-state index contributed by atoms with van der Waals surface area (Å²) in [4.78, 5) is 37.6. The molecule has 0 radical (unpaired) electrons. The maximum absolute atomic E-state index is 12.7. The van der Waals surface area contributed by atoms with Crippen LogP contribution >= 0.6 is 8.38 Å². The Hall–Kier alpha value is -2.27. The molecule has 2 aromatic heterocycles. The first-order valence-corrected chi connectivity index (χ1v) is 10.7. The third-order valence-corrected chi connectivity index (χ3v) is 5.75. The summed E-state index contributed by atoms with van der Waals surface area (Å²) in [5.74, 6) is 1.49. The minimum Gasteiger partial charge on any atom is -0.480 e. The van der Waals surface area contributed by atoms with Crippen LogP contribution < -0.4 is 15.2 Å². The molecule has 3 rings (SSSR count). The first-order valence-electron chi connectivity index (χ1n) is 9.25. The standard InChI is InChI=1S/C18H24N5O4P/c1-27-17-16-14(12-20-23(18(16)24)7-2-6-19)11-15(21-17)22-8-3-13(4-9-22)5-10-28(25)26/h11-13,25-26H,2-5,7-10H2,1H3. The average Bonchev–Trinajstić information content (AvgIpc) is 2.71. The van der Waals surface area contributed by atoms with Crippen molar-refractivity contribution in [3.8, 4) is 11.9 Å². The van der Waals surface area contributed by atoms with Crippen LogP contribution in [0, 0.1) is 17.2 Å². The Labute approximate surface area is 164 Å². The van der Waals surface area contributed by atoms with E-state index in [0.29, 0.717) is 22.9 Å². The highest BCUT2D eigenvalue weighted by molar-refractivity contribution is 7.45. The smallest absolute Gasteiger partial charge is 0.280 e. The lowest BCUT2D eigenvalue weighted by molar-refractivity contribution is 0.382. The van der Waals surface area contributed by atoms with Gasteiger partial charge in [0.15, 0.2) is 8.38 Å². The van der Waals surface area contributed by atoms with Crippen LogP contribution in [0.15, 0.2) is 17.1 Å². The van der Waals surface area contributed by atoms with E-state index in [9.17, 15) is 4.79 Å². The molecule has 0 amide bonds. The Balaban J connectivity index is 1.82. The number of hydrogen-bond acceptors (Lipinski definition) is 8. The van der Waals surface area contributed by atoms with Crippen molar-refractivity contribution in [1.29, 1.82) is 5.26 Å². The Bertz CT molecular complexity index is 919. The van der Waals surface area contributed by atoms with Gasteiger partial charge in [0.25, 0.3) is 5.56 Å². The number of piperidine rings is 1. The van der Waals surface area contributed by atoms with Crippen molar-refractivity contribution in [3.63, 3.8) is 0 Å². The molecule has 9 nitrogen and oxygen atoms in total. The summed E-state index contributed by atoms with van der Waals surface area (Å²) in [6.45, 7) is 1.86. The van der Waals surface area contributed by atoms with Crippen molar-refractivity contribution >= 4 is 25.0 Å². The van der Waals surface area contributed by atoms with Crippen molar-refractivity contribution in [2.24, 2.45) is 5.92 Å². The van der Waals surface area contributed by atoms with Crippen LogP contribution in [0.3, 0.4) is 0 Å². The lowest BCUT2D eigenvalue weighted by Gasteiger charge is -2.33. The van der Waals surface area contributed by atoms with Crippen molar-refractivity contribution in [3.05, 3.63) is 22.6 Å². The van der Waals surface area contributed by atoms with Crippen LogP contribution in [0.1, 0.15) is 25.7 Å². The van der Waals surface area contributed by atoms with E-state index < -0.39 is 8.38 Å². The highest BCUT2D eigenvalue weighted by Gasteiger charge is 2.22. The molecule has 0 bridgehead atoms. The molecule has 0 atom stereocenters. The zero-order chi connectivity index (χ0) is 20.1. The molecule has 0 spiro atoms. The first-order chi connectivity index (χ1) is 13.5. The molecule has 2 N–H and O–H groups in total. The summed E-state index contributed by atoms with van der Waals surface area (Å²) in [6, 6.07) is 3.86. The lowest BCUT2D eigenvalue weighted by Crippen LogP contribution is -2.34. The summed E-state index contributed by atoms with van der Waals surface area (Å²) in [5, 5.41) is 13.9. The maximum atomic E-state index is 12.7. The van der Waals surface area contributed by atoms with Crippen molar-refractivity contribution in [1.82, 2.24) is 14.8 Å². The van der Waals surface area contributed by atoms with Crippen LogP contribution in [-0.2, 0) is 6.54 Å². The number of aryl methyl sites for hydroxylation is 1. The minimum atomic E-state index is -1.82. The molecule has 3 heterocycles. The summed E-state index contributed by atoms with van der Waals surface area (Å²) in [6.07, 6.45) is 5.02. The fourth-order valence-electron chi connectivity index (χ4n) is 3.53. The third-order valence-electron chi connectivity index (χ3n) is 5.09. The Morgan fingerprint density at radius 3 is 2.79 bits per heavy atom. The van der Waals surface area contributed by atoms with Crippen LogP contribution in [-0.4, -0.2) is 50.9 Å². The van der Waals surface area contributed by atoms with Gasteiger partial charge in [-0.15, -0.1) is 0 Å². The third kappa shape index (κ3) is 4.58. The van der Waals surface area contributed by atoms with Gasteiger partial charge in [-0.3, -0.25) is 4.79 Å². The van der Waals surface area contributed by atoms with Gasteiger partial charge in [0.05, 0.1) is 32.3 Å². The normalized spacial score (nSPS) is 15.2. The van der Waals surface area contributed by atoms with Gasteiger partial charge < -0.3 is 19.4 Å². The Kier molecular flexibility index (Phi) is 6.79. The molecule has 1 aliphatic rings. The lowest BCUT2D eigenvalue weighted by atomic mass is 9.94. The number of ether oxygens (including phenoxy) is 1. The van der Waals surface area contributed by atoms with Gasteiger partial charge in [-0.25, -0.2) is 4.68 Å². The fraction of sp³-hybridized carbons (Fsp3) is 0.556. The van der Waals surface area contributed by atoms with E-state index in [1.54, 1.807) is 6.20 Å². The molecule has 2 aromatic rings. The van der Waals surface area contributed by atoms with Gasteiger partial charge in [-0.05, 0) is 31.2 Å². The number of rotatable bonds is 7. The van der Waals surface area contributed by atoms with Gasteiger partial charge in [0.2, 0.25) is 5.88 Å². The number of aromatic nitrogens is 3. The molecule has 0 aliphatic carbocycles. The summed E-state index contributed by atoms with van der Waals surface area (Å²) in [7, 11) is -0.330. The molecule has 150 valence electrons. The van der Waals surface area contributed by atoms with Gasteiger partial charge in [0, 0.05) is 24.6 Å². The SMILES string of the molecule is COc1nc(N2CCC(CCP(O)O)CC2)cc2cnn(CCC#N)c(=O)c12. The first kappa shape index (κ1) is 20.5. The predicted molar refractivity (Wildman–Crippen MR) is 106 cm³/mol. The Morgan fingerprint density at radius 1 is 1.39 bits per heavy atom. The van der Waals surface area contributed by atoms with Crippen LogP contribution in [0.2, 0.25) is 0 Å². The number of anilines is 1. The van der Waals surface area contributed by atoms with Crippen LogP contribution in [0.5, 0.6) is 5.88 Å². The summed E-state index contributed by atoms with van der Waals surface area (Å²) < 4.78 is 6.65. The van der Waals surface area contributed by atoms with Crippen LogP contribution in [0.4, 0.5) is 5.82 Å². The molecule has 0 unspecified atom stereocenters. The molecule has 1 fully saturated rings. The monoisotopic (exact) mass is 405 g/mol. The molecular formula is C18H24N5O4P. The summed E-state index contributed by atoms with van der Waals surface area (Å²) in [5.41, 5.74) is -0.313. The van der Waals surface area contributed by atoms with E-state index in [2.05, 4.69) is 15.0 Å². The fourth-order valence-corrected chi connectivity index (χ4v) is 4.13. The molecule has 28 heavy (non-hydrogen) atoms. The summed E-state index contributed by atoms with van der Waals surface area (Å²) >= 11 is 0. The molecule has 1 aliphatic heterocycles. The van der Waals surface area contributed by atoms with E-state index in [4.69, 9.17) is 19.8 Å². The molecular weight excluding hydrogens is 381 g/mol. The zero-order valence-electron chi connectivity index (χ0n) is 15.8. The van der Waals surface area contributed by atoms with Gasteiger partial charge in [-0.1, -0.05) is 0 Å². The molecule has 10 heteroatoms. The zero-order valence-corrected chi connectivity index (χ0v) is 16.7. The van der Waals surface area contributed by atoms with Crippen LogP contribution in [0.25, 0.3) is 10.8 Å². The van der Waals surface area contributed by atoms with Gasteiger partial charge >= 0.3 is 0 Å². The average molecular weight is 405 g/mol. The van der Waals surface area contributed by atoms with Crippen molar-refractivity contribution in [2.45, 2.75) is 32.2 Å². The number of pyridine rings is 1. The minimum absolute atomic E-state index is 0.204. The topological polar surface area (TPSA) is 124 Å². The predicted octanol–water partition coefficient (Wildman–Crippen LogP) is 1.62. The largest absolute Gasteiger partial charge is 0.480 e. The molecule has 0 aromatic carbocycles. The highest BCUT2D eigenvalue weighted by atomic mass is 31.2. The molecule has 0 saturated carbocycles. The highest BCUT2D eigenvalue weighted by Crippen LogP contribution is 2.32. The quantitative estimate of drug-likeness (QED) is 0.666. The number of hydrogen-bond donors (Lipinski definition) is 2. The van der Waals surface area contributed by atoms with Gasteiger partial charge in [-0.2, -0.15) is 15.3 Å². The van der Waals surface area contributed by atoms with E-state index in [1.807, 2.05) is 12.1 Å². The number of fused-ring (bicyclic) bond motifs is 1. The van der Waals surface area contributed by atoms with E-state index in [1.165, 1.54) is 11.8 Å². The number of nitrogens with zero attached hydrogens (tertiary/aromatic N) is 5. The van der Waals surface area contributed by atoms with E-state index >= 15 is 0 Å². The second-order valence-corrected chi connectivity index (χ2v) is 8.04.